The van der Waals surface area contributed by atoms with Crippen molar-refractivity contribution in [2.75, 3.05) is 0 Å². The van der Waals surface area contributed by atoms with E-state index in [1.165, 1.54) is 12.2 Å². The molecule has 4 nitrogen and oxygen atoms in total. The first-order valence-corrected chi connectivity index (χ1v) is 3.82. The molecular weight excluding hydrogens is 212 g/mol. The molecule has 0 fully saturated rings. The first-order valence-electron chi connectivity index (χ1n) is 3.03. The Morgan fingerprint density at radius 3 is 2.82 bits per heavy atom. The monoisotopic (exact) mass is 218 g/mol. The summed E-state index contributed by atoms with van der Waals surface area (Å²) in [6.45, 7) is 0. The van der Waals surface area contributed by atoms with Gasteiger partial charge in [0, 0.05) is 12.2 Å². The molecule has 0 heterocycles. The van der Waals surface area contributed by atoms with Gasteiger partial charge in [-0.1, -0.05) is 22.0 Å². The summed E-state index contributed by atoms with van der Waals surface area (Å²) in [5.41, 5.74) is 5.63. The zero-order chi connectivity index (χ0) is 8.48. The Balaban J connectivity index is 2.89. The molecule has 0 saturated heterocycles. The van der Waals surface area contributed by atoms with Gasteiger partial charge in [-0.05, 0) is 6.42 Å². The van der Waals surface area contributed by atoms with Gasteiger partial charge >= 0.3 is 0 Å². The Hall–Kier alpha value is -0.680. The van der Waals surface area contributed by atoms with Crippen LogP contribution in [0.3, 0.4) is 0 Å². The van der Waals surface area contributed by atoms with Gasteiger partial charge in [0.15, 0.2) is 0 Å². The first kappa shape index (κ1) is 8.42. The largest absolute Gasteiger partial charge is 0.313 e. The van der Waals surface area contributed by atoms with Crippen LogP contribution in [0, 0.1) is 10.1 Å². The molecule has 1 atom stereocenters. The second-order valence-electron chi connectivity index (χ2n) is 2.36. The fraction of sp³-hybridized carbons (Fsp3) is 0.333. The molecule has 1 rings (SSSR count). The third kappa shape index (κ3) is 2.13. The molecule has 0 aliphatic heterocycles. The van der Waals surface area contributed by atoms with E-state index in [0.29, 0.717) is 6.42 Å². The summed E-state index contributed by atoms with van der Waals surface area (Å²) in [7, 11) is 0. The Morgan fingerprint density at radius 1 is 1.82 bits per heavy atom. The maximum absolute atomic E-state index is 10.3. The Labute approximate surface area is 72.0 Å². The van der Waals surface area contributed by atoms with Crippen molar-refractivity contribution in [3.63, 3.8) is 0 Å². The van der Waals surface area contributed by atoms with Crippen LogP contribution in [0.5, 0.6) is 0 Å². The van der Waals surface area contributed by atoms with Gasteiger partial charge in [0.1, 0.15) is 4.45 Å². The molecule has 5 heteroatoms. The van der Waals surface area contributed by atoms with E-state index in [4.69, 9.17) is 5.73 Å². The highest BCUT2D eigenvalue weighted by atomic mass is 79.9. The maximum atomic E-state index is 10.3. The number of halogens is 1. The average Bonchev–Trinajstić information content (AvgIpc) is 1.85. The summed E-state index contributed by atoms with van der Waals surface area (Å²) < 4.78 is -0.746. The SMILES string of the molecule is NC1(Br)C=C([N+](=O)[O-])C=CC1. The van der Waals surface area contributed by atoms with E-state index in [0.717, 1.165) is 0 Å². The number of allylic oxidation sites excluding steroid dienone is 1. The van der Waals surface area contributed by atoms with Gasteiger partial charge in [-0.25, -0.2) is 0 Å². The molecule has 1 aliphatic rings. The smallest absolute Gasteiger partial charge is 0.267 e. The molecule has 0 spiro atoms. The summed E-state index contributed by atoms with van der Waals surface area (Å²) in [6.07, 6.45) is 5.09. The maximum Gasteiger partial charge on any atom is 0.267 e. The third-order valence-electron chi connectivity index (χ3n) is 1.32. The number of rotatable bonds is 1. The van der Waals surface area contributed by atoms with Crippen molar-refractivity contribution < 1.29 is 4.92 Å². The average molecular weight is 219 g/mol. The highest BCUT2D eigenvalue weighted by Crippen LogP contribution is 2.24. The first-order chi connectivity index (χ1) is 5.01. The van der Waals surface area contributed by atoms with Crippen LogP contribution >= 0.6 is 15.9 Å². The van der Waals surface area contributed by atoms with Crippen LogP contribution in [0.2, 0.25) is 0 Å². The molecule has 1 unspecified atom stereocenters. The normalized spacial score (nSPS) is 29.8. The van der Waals surface area contributed by atoms with Gasteiger partial charge < -0.3 is 5.73 Å². The van der Waals surface area contributed by atoms with Crippen molar-refractivity contribution in [3.8, 4) is 0 Å². The number of alkyl halides is 1. The van der Waals surface area contributed by atoms with Crippen molar-refractivity contribution >= 4 is 15.9 Å². The van der Waals surface area contributed by atoms with Gasteiger partial charge in [0.05, 0.1) is 4.92 Å². The molecule has 0 radical (unpaired) electrons. The zero-order valence-electron chi connectivity index (χ0n) is 5.66. The molecule has 60 valence electrons. The molecule has 0 amide bonds. The summed E-state index contributed by atoms with van der Waals surface area (Å²) in [5, 5.41) is 10.3. The van der Waals surface area contributed by atoms with Crippen molar-refractivity contribution in [1.29, 1.82) is 0 Å². The topological polar surface area (TPSA) is 69.2 Å². The summed E-state index contributed by atoms with van der Waals surface area (Å²) in [4.78, 5) is 9.79. The van der Waals surface area contributed by atoms with Crippen molar-refractivity contribution in [3.05, 3.63) is 34.0 Å². The minimum Gasteiger partial charge on any atom is -0.313 e. The number of hydrogen-bond donors (Lipinski definition) is 1. The molecule has 0 saturated carbocycles. The minimum absolute atomic E-state index is 0.0376. The van der Waals surface area contributed by atoms with Crippen LogP contribution in [-0.4, -0.2) is 9.37 Å². The Bertz CT molecular complexity index is 245. The third-order valence-corrected chi connectivity index (χ3v) is 1.87. The molecule has 1 aliphatic carbocycles. The number of nitrogens with two attached hydrogens (primary N) is 1. The second kappa shape index (κ2) is 2.75. The van der Waals surface area contributed by atoms with Gasteiger partial charge in [0.25, 0.3) is 5.70 Å². The van der Waals surface area contributed by atoms with E-state index in [9.17, 15) is 10.1 Å². The highest BCUT2D eigenvalue weighted by molar-refractivity contribution is 9.10. The van der Waals surface area contributed by atoms with Gasteiger partial charge in [-0.3, -0.25) is 10.1 Å². The number of nitrogens with zero attached hydrogens (tertiary/aromatic N) is 1. The molecule has 0 aromatic carbocycles. The van der Waals surface area contributed by atoms with Crippen LogP contribution < -0.4 is 5.73 Å². The van der Waals surface area contributed by atoms with Crippen LogP contribution in [0.25, 0.3) is 0 Å². The predicted octanol–water partition coefficient (Wildman–Crippen LogP) is 1.16. The molecule has 0 aromatic rings. The molecule has 11 heavy (non-hydrogen) atoms. The van der Waals surface area contributed by atoms with E-state index in [1.807, 2.05) is 0 Å². The van der Waals surface area contributed by atoms with Gasteiger partial charge in [-0.15, -0.1) is 0 Å². The fourth-order valence-electron chi connectivity index (χ4n) is 0.827. The lowest BCUT2D eigenvalue weighted by molar-refractivity contribution is -0.419. The van der Waals surface area contributed by atoms with E-state index in [2.05, 4.69) is 15.9 Å². The lowest BCUT2D eigenvalue weighted by Gasteiger charge is -2.17. The van der Waals surface area contributed by atoms with Crippen molar-refractivity contribution in [2.24, 2.45) is 5.73 Å². The number of nitro groups is 1. The zero-order valence-corrected chi connectivity index (χ0v) is 7.24. The lowest BCUT2D eigenvalue weighted by Crippen LogP contribution is -2.31. The van der Waals surface area contributed by atoms with E-state index >= 15 is 0 Å². The van der Waals surface area contributed by atoms with Crippen LogP contribution in [0.4, 0.5) is 0 Å². The van der Waals surface area contributed by atoms with Crippen LogP contribution in [0.15, 0.2) is 23.9 Å². The van der Waals surface area contributed by atoms with Gasteiger partial charge in [-0.2, -0.15) is 0 Å². The molecular formula is C6H7BrN2O2. The number of hydrogen-bond acceptors (Lipinski definition) is 3. The molecule has 0 aromatic heterocycles. The molecule has 0 bridgehead atoms. The quantitative estimate of drug-likeness (QED) is 0.311. The minimum atomic E-state index is -0.746. The van der Waals surface area contributed by atoms with E-state index in [-0.39, 0.29) is 5.70 Å². The van der Waals surface area contributed by atoms with Crippen LogP contribution in [-0.2, 0) is 0 Å². The predicted molar refractivity (Wildman–Crippen MR) is 44.7 cm³/mol. The van der Waals surface area contributed by atoms with Gasteiger partial charge in [0.2, 0.25) is 0 Å². The van der Waals surface area contributed by atoms with Crippen molar-refractivity contribution in [1.82, 2.24) is 0 Å². The summed E-state index contributed by atoms with van der Waals surface area (Å²) in [6, 6.07) is 0. The Kier molecular flexibility index (Phi) is 2.10. The fourth-order valence-corrected chi connectivity index (χ4v) is 1.25. The summed E-state index contributed by atoms with van der Waals surface area (Å²) >= 11 is 3.15. The standard InChI is InChI=1S/C6H7BrN2O2/c7-6(8)3-1-2-5(4-6)9(10)11/h1-2,4H,3,8H2. The summed E-state index contributed by atoms with van der Waals surface area (Å²) in [5.74, 6) is 0. The van der Waals surface area contributed by atoms with E-state index in [1.54, 1.807) is 6.08 Å². The van der Waals surface area contributed by atoms with Crippen LogP contribution in [0.1, 0.15) is 6.42 Å². The molecule has 2 N–H and O–H groups in total. The second-order valence-corrected chi connectivity index (χ2v) is 3.84. The highest BCUT2D eigenvalue weighted by Gasteiger charge is 2.24. The Morgan fingerprint density at radius 2 is 2.45 bits per heavy atom. The lowest BCUT2D eigenvalue weighted by atomic mass is 10.1. The van der Waals surface area contributed by atoms with E-state index < -0.39 is 9.37 Å². The van der Waals surface area contributed by atoms with Crippen molar-refractivity contribution in [2.45, 2.75) is 10.9 Å².